The predicted molar refractivity (Wildman–Crippen MR) is 87.4 cm³/mol. The van der Waals surface area contributed by atoms with Crippen LogP contribution in [0.1, 0.15) is 41.6 Å². The Morgan fingerprint density at radius 3 is 2.48 bits per heavy atom. The maximum absolute atomic E-state index is 12.6. The van der Waals surface area contributed by atoms with Crippen molar-refractivity contribution in [3.8, 4) is 0 Å². The van der Waals surface area contributed by atoms with E-state index in [1.807, 2.05) is 54.6 Å². The Kier molecular flexibility index (Phi) is 4.74. The van der Waals surface area contributed by atoms with Gasteiger partial charge in [-0.3, -0.25) is 9.63 Å². The first kappa shape index (κ1) is 15.7. The lowest BCUT2D eigenvalue weighted by Crippen LogP contribution is -2.30. The second-order valence-corrected chi connectivity index (χ2v) is 6.06. The minimum atomic E-state index is -0.482. The lowest BCUT2D eigenvalue weighted by atomic mass is 10.1. The zero-order valence-electron chi connectivity index (χ0n) is 13.4. The molecule has 2 aromatic rings. The van der Waals surface area contributed by atoms with E-state index in [-0.39, 0.29) is 5.91 Å². The summed E-state index contributed by atoms with van der Waals surface area (Å²) in [4.78, 5) is 18.4. The van der Waals surface area contributed by atoms with Gasteiger partial charge in [0, 0.05) is 11.1 Å². The quantitative estimate of drug-likeness (QED) is 0.811. The molecule has 0 N–H and O–H groups in total. The van der Waals surface area contributed by atoms with Gasteiger partial charge in [0.2, 0.25) is 0 Å². The number of hydrogen-bond acceptors (Lipinski definition) is 3. The summed E-state index contributed by atoms with van der Waals surface area (Å²) in [5.41, 5.74) is 2.53. The van der Waals surface area contributed by atoms with Crippen LogP contribution in [0.4, 0.5) is 0 Å². The van der Waals surface area contributed by atoms with Crippen LogP contribution in [0.5, 0.6) is 0 Å². The summed E-state index contributed by atoms with van der Waals surface area (Å²) in [6.07, 6.45) is -0.482. The Morgan fingerprint density at radius 2 is 1.74 bits per heavy atom. The van der Waals surface area contributed by atoms with E-state index in [4.69, 9.17) is 9.57 Å². The van der Waals surface area contributed by atoms with Crippen LogP contribution >= 0.6 is 0 Å². The van der Waals surface area contributed by atoms with Crippen LogP contribution in [0.15, 0.2) is 54.6 Å². The summed E-state index contributed by atoms with van der Waals surface area (Å²) in [6, 6.07) is 17.3. The number of amides is 1. The fourth-order valence-electron chi connectivity index (χ4n) is 2.54. The molecule has 1 aliphatic rings. The number of rotatable bonds is 6. The van der Waals surface area contributed by atoms with E-state index in [1.54, 1.807) is 0 Å². The van der Waals surface area contributed by atoms with Gasteiger partial charge in [-0.2, -0.15) is 5.06 Å². The third-order valence-corrected chi connectivity index (χ3v) is 3.67. The molecule has 1 aliphatic heterocycles. The zero-order chi connectivity index (χ0) is 16.2. The van der Waals surface area contributed by atoms with Crippen LogP contribution < -0.4 is 0 Å². The highest BCUT2D eigenvalue weighted by atomic mass is 16.7. The van der Waals surface area contributed by atoms with Crippen LogP contribution in [0.3, 0.4) is 0 Å². The molecule has 0 saturated carbocycles. The van der Waals surface area contributed by atoms with E-state index in [0.717, 1.165) is 11.1 Å². The van der Waals surface area contributed by atoms with Crippen molar-refractivity contribution in [2.24, 2.45) is 5.92 Å². The minimum absolute atomic E-state index is 0.148. The van der Waals surface area contributed by atoms with Crippen molar-refractivity contribution >= 4 is 5.91 Å². The van der Waals surface area contributed by atoms with Crippen LogP contribution in [-0.2, 0) is 16.2 Å². The van der Waals surface area contributed by atoms with E-state index >= 15 is 0 Å². The molecule has 0 aliphatic carbocycles. The highest BCUT2D eigenvalue weighted by Gasteiger charge is 2.38. The molecule has 1 atom stereocenters. The van der Waals surface area contributed by atoms with Crippen molar-refractivity contribution in [1.29, 1.82) is 0 Å². The Labute approximate surface area is 136 Å². The Bertz CT molecular complexity index is 669. The second-order valence-electron chi connectivity index (χ2n) is 6.06. The van der Waals surface area contributed by atoms with Crippen LogP contribution in [0.2, 0.25) is 0 Å². The average Bonchev–Trinajstić information content (AvgIpc) is 2.84. The topological polar surface area (TPSA) is 38.8 Å². The van der Waals surface area contributed by atoms with E-state index in [2.05, 4.69) is 13.8 Å². The third-order valence-electron chi connectivity index (χ3n) is 3.67. The van der Waals surface area contributed by atoms with Gasteiger partial charge in [0.1, 0.15) is 6.61 Å². The van der Waals surface area contributed by atoms with E-state index in [9.17, 15) is 4.79 Å². The van der Waals surface area contributed by atoms with Gasteiger partial charge in [-0.25, -0.2) is 0 Å². The van der Waals surface area contributed by atoms with Gasteiger partial charge in [-0.15, -0.1) is 0 Å². The Morgan fingerprint density at radius 1 is 1.04 bits per heavy atom. The summed E-state index contributed by atoms with van der Waals surface area (Å²) >= 11 is 0. The summed E-state index contributed by atoms with van der Waals surface area (Å²) in [5, 5.41) is 1.36. The van der Waals surface area contributed by atoms with Gasteiger partial charge in [0.15, 0.2) is 6.23 Å². The molecule has 0 spiro atoms. The standard InChI is InChI=1S/C19H21NO3/c1-14(2)12-22-19-17-11-7-6-10-16(17)18(21)20(19)23-13-15-8-4-3-5-9-15/h3-11,14,19H,12-13H2,1-2H3. The molecular formula is C19H21NO3. The maximum atomic E-state index is 12.6. The van der Waals surface area contributed by atoms with Gasteiger partial charge in [0.05, 0.1) is 6.61 Å². The van der Waals surface area contributed by atoms with Gasteiger partial charge in [-0.1, -0.05) is 62.4 Å². The molecule has 1 heterocycles. The average molecular weight is 311 g/mol. The summed E-state index contributed by atoms with van der Waals surface area (Å²) < 4.78 is 5.94. The number of carbonyl (C=O) groups excluding carboxylic acids is 1. The molecule has 4 heteroatoms. The lowest BCUT2D eigenvalue weighted by molar-refractivity contribution is -0.225. The number of benzene rings is 2. The number of hydroxylamine groups is 2. The van der Waals surface area contributed by atoms with Crippen molar-refractivity contribution in [1.82, 2.24) is 5.06 Å². The van der Waals surface area contributed by atoms with Crippen molar-refractivity contribution in [3.63, 3.8) is 0 Å². The molecule has 0 fully saturated rings. The molecule has 4 nitrogen and oxygen atoms in total. The summed E-state index contributed by atoms with van der Waals surface area (Å²) in [6.45, 7) is 5.06. The van der Waals surface area contributed by atoms with Crippen molar-refractivity contribution in [3.05, 3.63) is 71.3 Å². The first-order chi connectivity index (χ1) is 11.2. The first-order valence-corrected chi connectivity index (χ1v) is 7.87. The van der Waals surface area contributed by atoms with Gasteiger partial charge in [-0.05, 0) is 17.5 Å². The molecule has 0 bridgehead atoms. The Balaban J connectivity index is 1.78. The molecule has 1 unspecified atom stereocenters. The number of nitrogens with zero attached hydrogens (tertiary/aromatic N) is 1. The number of hydrogen-bond donors (Lipinski definition) is 0. The second kappa shape index (κ2) is 6.94. The molecule has 23 heavy (non-hydrogen) atoms. The van der Waals surface area contributed by atoms with Crippen molar-refractivity contribution in [2.75, 3.05) is 6.61 Å². The van der Waals surface area contributed by atoms with Gasteiger partial charge in [0.25, 0.3) is 5.91 Å². The monoisotopic (exact) mass is 311 g/mol. The van der Waals surface area contributed by atoms with E-state index in [1.165, 1.54) is 5.06 Å². The number of fused-ring (bicyclic) bond motifs is 1. The molecule has 3 rings (SSSR count). The summed E-state index contributed by atoms with van der Waals surface area (Å²) in [7, 11) is 0. The van der Waals surface area contributed by atoms with Crippen LogP contribution in [-0.4, -0.2) is 17.6 Å². The third kappa shape index (κ3) is 3.44. The SMILES string of the molecule is CC(C)COC1c2ccccc2C(=O)N1OCc1ccccc1. The summed E-state index contributed by atoms with van der Waals surface area (Å²) in [5.74, 6) is 0.235. The van der Waals surface area contributed by atoms with Crippen molar-refractivity contribution in [2.45, 2.75) is 26.7 Å². The number of carbonyl (C=O) groups is 1. The largest absolute Gasteiger partial charge is 0.351 e. The van der Waals surface area contributed by atoms with Gasteiger partial charge < -0.3 is 4.74 Å². The fourth-order valence-corrected chi connectivity index (χ4v) is 2.54. The molecule has 0 saturated heterocycles. The number of ether oxygens (including phenoxy) is 1. The smallest absolute Gasteiger partial charge is 0.280 e. The molecule has 0 radical (unpaired) electrons. The van der Waals surface area contributed by atoms with Gasteiger partial charge >= 0.3 is 0 Å². The molecule has 0 aromatic heterocycles. The molecule has 2 aromatic carbocycles. The molecular weight excluding hydrogens is 290 g/mol. The minimum Gasteiger partial charge on any atom is -0.351 e. The normalized spacial score (nSPS) is 16.9. The van der Waals surface area contributed by atoms with E-state index < -0.39 is 6.23 Å². The first-order valence-electron chi connectivity index (χ1n) is 7.87. The Hall–Kier alpha value is -2.17. The van der Waals surface area contributed by atoms with Crippen LogP contribution in [0, 0.1) is 5.92 Å². The zero-order valence-corrected chi connectivity index (χ0v) is 13.4. The van der Waals surface area contributed by atoms with E-state index in [0.29, 0.717) is 24.7 Å². The highest BCUT2D eigenvalue weighted by molar-refractivity contribution is 5.98. The van der Waals surface area contributed by atoms with Crippen LogP contribution in [0.25, 0.3) is 0 Å². The fraction of sp³-hybridized carbons (Fsp3) is 0.316. The highest BCUT2D eigenvalue weighted by Crippen LogP contribution is 2.35. The lowest BCUT2D eigenvalue weighted by Gasteiger charge is -2.25. The maximum Gasteiger partial charge on any atom is 0.280 e. The molecule has 120 valence electrons. The predicted octanol–water partition coefficient (Wildman–Crippen LogP) is 3.95. The molecule has 1 amide bonds. The van der Waals surface area contributed by atoms with Crippen molar-refractivity contribution < 1.29 is 14.4 Å².